The van der Waals surface area contributed by atoms with E-state index in [1.165, 1.54) is 0 Å². The van der Waals surface area contributed by atoms with E-state index in [0.717, 1.165) is 35.5 Å². The Morgan fingerprint density at radius 2 is 2.16 bits per heavy atom. The molecule has 1 aliphatic rings. The molecule has 1 aromatic carbocycles. The normalized spacial score (nSPS) is 19.1. The largest absolute Gasteiger partial charge is 0.390 e. The topological polar surface area (TPSA) is 79.2 Å². The fourth-order valence-electron chi connectivity index (χ4n) is 3.44. The van der Waals surface area contributed by atoms with Gasteiger partial charge in [0.15, 0.2) is 0 Å². The molecule has 3 rings (SSSR count). The minimum Gasteiger partial charge on any atom is -0.390 e. The Labute approximate surface area is 148 Å². The second kappa shape index (κ2) is 7.27. The molecular formula is C19H26N4O2. The zero-order valence-corrected chi connectivity index (χ0v) is 15.0. The molecule has 0 spiro atoms. The highest BCUT2D eigenvalue weighted by Gasteiger charge is 2.32. The van der Waals surface area contributed by atoms with E-state index >= 15 is 0 Å². The molecule has 1 aliphatic carbocycles. The monoisotopic (exact) mass is 342 g/mol. The summed E-state index contributed by atoms with van der Waals surface area (Å²) in [5, 5.41) is 20.4. The Bertz CT molecular complexity index is 754. The van der Waals surface area contributed by atoms with Gasteiger partial charge < -0.3 is 15.7 Å². The van der Waals surface area contributed by atoms with Gasteiger partial charge in [0.25, 0.3) is 0 Å². The second-order valence-corrected chi connectivity index (χ2v) is 6.98. The smallest absolute Gasteiger partial charge is 0.319 e. The molecule has 0 saturated carbocycles. The van der Waals surface area contributed by atoms with E-state index in [1.807, 2.05) is 35.9 Å². The number of hydrogen-bond acceptors (Lipinski definition) is 3. The van der Waals surface area contributed by atoms with Gasteiger partial charge in [-0.2, -0.15) is 5.10 Å². The molecule has 25 heavy (non-hydrogen) atoms. The maximum Gasteiger partial charge on any atom is 0.319 e. The molecule has 0 saturated heterocycles. The molecule has 0 fully saturated rings. The first-order valence-electron chi connectivity index (χ1n) is 8.87. The Morgan fingerprint density at radius 1 is 1.40 bits per heavy atom. The quantitative estimate of drug-likeness (QED) is 0.782. The lowest BCUT2D eigenvalue weighted by atomic mass is 10.1. The van der Waals surface area contributed by atoms with E-state index in [0.29, 0.717) is 12.3 Å². The number of hydrogen-bond donors (Lipinski definition) is 3. The van der Waals surface area contributed by atoms with E-state index in [2.05, 4.69) is 29.6 Å². The maximum atomic E-state index is 12.5. The number of anilines is 1. The van der Waals surface area contributed by atoms with E-state index in [9.17, 15) is 9.90 Å². The molecule has 2 amide bonds. The minimum absolute atomic E-state index is 0.320. The van der Waals surface area contributed by atoms with Crippen LogP contribution in [0.5, 0.6) is 0 Å². The first-order chi connectivity index (χ1) is 12.0. The number of urea groups is 1. The van der Waals surface area contributed by atoms with Gasteiger partial charge in [-0.3, -0.25) is 4.68 Å². The predicted molar refractivity (Wildman–Crippen MR) is 97.5 cm³/mol. The predicted octanol–water partition coefficient (Wildman–Crippen LogP) is 2.88. The third-order valence-electron chi connectivity index (χ3n) is 4.56. The minimum atomic E-state index is -0.600. The molecule has 3 N–H and O–H groups in total. The Kier molecular flexibility index (Phi) is 5.08. The summed E-state index contributed by atoms with van der Waals surface area (Å²) in [6.07, 6.45) is 2.45. The van der Waals surface area contributed by atoms with Crippen LogP contribution in [0.4, 0.5) is 10.5 Å². The molecule has 0 aliphatic heterocycles. The van der Waals surface area contributed by atoms with Gasteiger partial charge in [0.1, 0.15) is 0 Å². The van der Waals surface area contributed by atoms with Gasteiger partial charge in [-0.1, -0.05) is 45.0 Å². The number of aliphatic hydroxyl groups is 1. The van der Waals surface area contributed by atoms with Gasteiger partial charge in [-0.15, -0.1) is 0 Å². The summed E-state index contributed by atoms with van der Waals surface area (Å²) >= 11 is 0. The number of carbonyl (C=O) groups is 1. The fourth-order valence-corrected chi connectivity index (χ4v) is 3.44. The number of aliphatic hydroxyl groups excluding tert-OH is 1. The van der Waals surface area contributed by atoms with Crippen molar-refractivity contribution >= 4 is 11.7 Å². The van der Waals surface area contributed by atoms with Gasteiger partial charge in [-0.05, 0) is 23.5 Å². The van der Waals surface area contributed by atoms with Crippen molar-refractivity contribution < 1.29 is 9.90 Å². The number of rotatable bonds is 5. The zero-order chi connectivity index (χ0) is 18.0. The summed E-state index contributed by atoms with van der Waals surface area (Å²) in [7, 11) is 0. The van der Waals surface area contributed by atoms with Gasteiger partial charge in [0.2, 0.25) is 0 Å². The highest BCUT2D eigenvalue weighted by atomic mass is 16.3. The third-order valence-corrected chi connectivity index (χ3v) is 4.56. The summed E-state index contributed by atoms with van der Waals surface area (Å²) in [5.74, 6) is 0.483. The molecule has 6 heteroatoms. The molecule has 6 nitrogen and oxygen atoms in total. The molecule has 0 radical (unpaired) electrons. The Morgan fingerprint density at radius 3 is 2.88 bits per heavy atom. The summed E-state index contributed by atoms with van der Waals surface area (Å²) in [5.41, 5.74) is 3.80. The molecular weight excluding hydrogens is 316 g/mol. The van der Waals surface area contributed by atoms with Crippen LogP contribution in [0, 0.1) is 5.92 Å². The Balaban J connectivity index is 1.70. The van der Waals surface area contributed by atoms with Crippen LogP contribution in [-0.4, -0.2) is 27.0 Å². The highest BCUT2D eigenvalue weighted by Crippen LogP contribution is 2.31. The number of aromatic nitrogens is 2. The van der Waals surface area contributed by atoms with Crippen molar-refractivity contribution in [2.75, 3.05) is 5.32 Å². The number of nitrogens with one attached hydrogen (secondary N) is 2. The van der Waals surface area contributed by atoms with Gasteiger partial charge in [0.05, 0.1) is 29.7 Å². The first kappa shape index (κ1) is 17.5. The first-order valence-corrected chi connectivity index (χ1v) is 8.87. The van der Waals surface area contributed by atoms with Crippen molar-refractivity contribution in [2.45, 2.75) is 52.3 Å². The van der Waals surface area contributed by atoms with E-state index in [4.69, 9.17) is 0 Å². The maximum absolute atomic E-state index is 12.5. The van der Waals surface area contributed by atoms with E-state index in [1.54, 1.807) is 6.20 Å². The summed E-state index contributed by atoms with van der Waals surface area (Å²) in [4.78, 5) is 12.5. The SMILES string of the molecule is CCc1c(NC(=O)N[C@H]2c3ccccc3C[C@H]2O)cnn1CC(C)C. The molecule has 1 aromatic heterocycles. The molecule has 1 heterocycles. The number of benzene rings is 1. The number of carbonyl (C=O) groups excluding carboxylic acids is 1. The third kappa shape index (κ3) is 3.69. The van der Waals surface area contributed by atoms with Gasteiger partial charge >= 0.3 is 6.03 Å². The van der Waals surface area contributed by atoms with Crippen molar-refractivity contribution in [3.05, 3.63) is 47.3 Å². The van der Waals surface area contributed by atoms with Crippen LogP contribution in [0.3, 0.4) is 0 Å². The van der Waals surface area contributed by atoms with Crippen LogP contribution in [0.2, 0.25) is 0 Å². The van der Waals surface area contributed by atoms with Crippen LogP contribution in [0.25, 0.3) is 0 Å². The number of nitrogens with zero attached hydrogens (tertiary/aromatic N) is 2. The lowest BCUT2D eigenvalue weighted by Gasteiger charge is -2.18. The van der Waals surface area contributed by atoms with Crippen LogP contribution in [-0.2, 0) is 19.4 Å². The second-order valence-electron chi connectivity index (χ2n) is 6.98. The summed E-state index contributed by atoms with van der Waals surface area (Å²) in [6, 6.07) is 7.11. The molecule has 0 unspecified atom stereocenters. The fraction of sp³-hybridized carbons (Fsp3) is 0.474. The number of amides is 2. The van der Waals surface area contributed by atoms with Gasteiger partial charge in [0, 0.05) is 13.0 Å². The standard InChI is InChI=1S/C19H26N4O2/c1-4-16-15(10-20-23(16)11-12(2)3)21-19(25)22-18-14-8-6-5-7-13(14)9-17(18)24/h5-8,10,12,17-18,24H,4,9,11H2,1-3H3,(H2,21,22,25)/t17-,18+/m1/s1. The summed E-state index contributed by atoms with van der Waals surface area (Å²) < 4.78 is 1.94. The molecule has 134 valence electrons. The van der Waals surface area contributed by atoms with Crippen LogP contribution in [0.1, 0.15) is 43.6 Å². The molecule has 2 atom stereocenters. The lowest BCUT2D eigenvalue weighted by molar-refractivity contribution is 0.144. The average molecular weight is 342 g/mol. The van der Waals surface area contributed by atoms with E-state index < -0.39 is 6.10 Å². The molecule has 0 bridgehead atoms. The summed E-state index contributed by atoms with van der Waals surface area (Å²) in [6.45, 7) is 7.15. The van der Waals surface area contributed by atoms with Gasteiger partial charge in [-0.25, -0.2) is 4.79 Å². The average Bonchev–Trinajstić information content (AvgIpc) is 3.08. The molecule has 2 aromatic rings. The van der Waals surface area contributed by atoms with E-state index in [-0.39, 0.29) is 12.1 Å². The zero-order valence-electron chi connectivity index (χ0n) is 15.0. The van der Waals surface area contributed by atoms with Crippen molar-refractivity contribution in [3.63, 3.8) is 0 Å². The van der Waals surface area contributed by atoms with Crippen molar-refractivity contribution in [1.82, 2.24) is 15.1 Å². The van der Waals surface area contributed by atoms with Crippen LogP contribution in [0.15, 0.2) is 30.5 Å². The van der Waals surface area contributed by atoms with Crippen molar-refractivity contribution in [1.29, 1.82) is 0 Å². The lowest BCUT2D eigenvalue weighted by Crippen LogP contribution is -2.37. The number of fused-ring (bicyclic) bond motifs is 1. The highest BCUT2D eigenvalue weighted by molar-refractivity contribution is 5.90. The van der Waals surface area contributed by atoms with Crippen molar-refractivity contribution in [3.8, 4) is 0 Å². The van der Waals surface area contributed by atoms with Crippen LogP contribution < -0.4 is 10.6 Å². The van der Waals surface area contributed by atoms with Crippen LogP contribution >= 0.6 is 0 Å². The Hall–Kier alpha value is -2.34. The van der Waals surface area contributed by atoms with Crippen molar-refractivity contribution in [2.24, 2.45) is 5.92 Å².